The first-order valence-corrected chi connectivity index (χ1v) is 6.61. The Balaban J connectivity index is 2.19. The number of Topliss-reactive ketones (excluding diaryl/α,β-unsaturated/α-hetero) is 1. The van der Waals surface area contributed by atoms with E-state index in [1.807, 2.05) is 37.5 Å². The minimum absolute atomic E-state index is 0.0608. The average molecular weight is 358 g/mol. The van der Waals surface area contributed by atoms with Crippen LogP contribution in [0.2, 0.25) is 0 Å². The minimum Gasteiger partial charge on any atom is -0.294 e. The lowest BCUT2D eigenvalue weighted by molar-refractivity contribution is 0.0991. The SMILES string of the molecule is Cn1ccc(CC(=O)c2cc(Br)cc(Br)c2)n1. The molecule has 0 spiro atoms. The quantitative estimate of drug-likeness (QED) is 0.789. The smallest absolute Gasteiger partial charge is 0.168 e. The van der Waals surface area contributed by atoms with Crippen LogP contribution >= 0.6 is 31.9 Å². The fourth-order valence-corrected chi connectivity index (χ4v) is 2.83. The molecule has 0 aliphatic carbocycles. The molecule has 0 amide bonds. The summed E-state index contributed by atoms with van der Waals surface area (Å²) in [6.07, 6.45) is 2.16. The van der Waals surface area contributed by atoms with Gasteiger partial charge >= 0.3 is 0 Å². The number of ketones is 1. The highest BCUT2D eigenvalue weighted by molar-refractivity contribution is 9.11. The van der Waals surface area contributed by atoms with Crippen molar-refractivity contribution in [2.45, 2.75) is 6.42 Å². The molecule has 0 radical (unpaired) electrons. The molecule has 0 fully saturated rings. The Kier molecular flexibility index (Phi) is 3.79. The summed E-state index contributed by atoms with van der Waals surface area (Å²) in [5, 5.41) is 4.19. The van der Waals surface area contributed by atoms with Gasteiger partial charge in [0.2, 0.25) is 0 Å². The molecule has 0 unspecified atom stereocenters. The van der Waals surface area contributed by atoms with Crippen molar-refractivity contribution in [2.75, 3.05) is 0 Å². The molecule has 0 atom stereocenters. The van der Waals surface area contributed by atoms with E-state index in [0.29, 0.717) is 12.0 Å². The number of aryl methyl sites for hydroxylation is 1. The van der Waals surface area contributed by atoms with Gasteiger partial charge in [0.15, 0.2) is 5.78 Å². The van der Waals surface area contributed by atoms with Gasteiger partial charge in [-0.15, -0.1) is 0 Å². The van der Waals surface area contributed by atoms with Crippen LogP contribution in [0.3, 0.4) is 0 Å². The van der Waals surface area contributed by atoms with Crippen LogP contribution in [0.4, 0.5) is 0 Å². The fraction of sp³-hybridized carbons (Fsp3) is 0.167. The summed E-state index contributed by atoms with van der Waals surface area (Å²) in [6.45, 7) is 0. The first kappa shape index (κ1) is 12.5. The molecule has 1 heterocycles. The molecule has 0 bridgehead atoms. The number of benzene rings is 1. The second kappa shape index (κ2) is 5.14. The molecule has 0 saturated heterocycles. The lowest BCUT2D eigenvalue weighted by atomic mass is 10.1. The second-order valence-electron chi connectivity index (χ2n) is 3.74. The molecule has 0 N–H and O–H groups in total. The molecular weight excluding hydrogens is 348 g/mol. The fourth-order valence-electron chi connectivity index (χ4n) is 1.54. The van der Waals surface area contributed by atoms with Gasteiger partial charge in [-0.25, -0.2) is 0 Å². The van der Waals surface area contributed by atoms with Gasteiger partial charge in [-0.3, -0.25) is 9.48 Å². The summed E-state index contributed by atoms with van der Waals surface area (Å²) in [7, 11) is 1.84. The Bertz CT molecular complexity index is 543. The van der Waals surface area contributed by atoms with Gasteiger partial charge in [-0.2, -0.15) is 5.10 Å². The molecule has 0 saturated carbocycles. The highest BCUT2D eigenvalue weighted by Gasteiger charge is 2.10. The monoisotopic (exact) mass is 356 g/mol. The Hall–Kier alpha value is -0.940. The van der Waals surface area contributed by atoms with E-state index in [2.05, 4.69) is 37.0 Å². The highest BCUT2D eigenvalue weighted by Crippen LogP contribution is 2.21. The summed E-state index contributed by atoms with van der Waals surface area (Å²) in [4.78, 5) is 12.0. The van der Waals surface area contributed by atoms with Crippen LogP contribution in [0, 0.1) is 0 Å². The first-order chi connectivity index (χ1) is 8.04. The zero-order valence-electron chi connectivity index (χ0n) is 9.15. The topological polar surface area (TPSA) is 34.9 Å². The zero-order valence-corrected chi connectivity index (χ0v) is 12.3. The normalized spacial score (nSPS) is 10.5. The van der Waals surface area contributed by atoms with Gasteiger partial charge < -0.3 is 0 Å². The van der Waals surface area contributed by atoms with Crippen LogP contribution in [0.15, 0.2) is 39.4 Å². The van der Waals surface area contributed by atoms with Crippen molar-refractivity contribution >= 4 is 37.6 Å². The molecule has 5 heteroatoms. The Labute approximate surface area is 116 Å². The summed E-state index contributed by atoms with van der Waals surface area (Å²) in [5.74, 6) is 0.0608. The predicted molar refractivity (Wildman–Crippen MR) is 73.1 cm³/mol. The third-order valence-electron chi connectivity index (χ3n) is 2.30. The summed E-state index contributed by atoms with van der Waals surface area (Å²) in [6, 6.07) is 7.38. The minimum atomic E-state index is 0.0608. The highest BCUT2D eigenvalue weighted by atomic mass is 79.9. The summed E-state index contributed by atoms with van der Waals surface area (Å²) >= 11 is 6.74. The van der Waals surface area contributed by atoms with Crippen molar-refractivity contribution in [2.24, 2.45) is 7.05 Å². The number of aromatic nitrogens is 2. The number of hydrogen-bond acceptors (Lipinski definition) is 2. The van der Waals surface area contributed by atoms with E-state index >= 15 is 0 Å². The maximum atomic E-state index is 12.0. The molecule has 1 aromatic heterocycles. The van der Waals surface area contributed by atoms with Crippen LogP contribution in [-0.4, -0.2) is 15.6 Å². The third kappa shape index (κ3) is 3.26. The summed E-state index contributed by atoms with van der Waals surface area (Å²) in [5.41, 5.74) is 1.46. The van der Waals surface area contributed by atoms with Gasteiger partial charge in [0.05, 0.1) is 12.1 Å². The molecule has 3 nitrogen and oxygen atoms in total. The maximum Gasteiger partial charge on any atom is 0.168 e. The van der Waals surface area contributed by atoms with E-state index in [1.165, 1.54) is 0 Å². The third-order valence-corrected chi connectivity index (χ3v) is 3.21. The standard InChI is InChI=1S/C12H10Br2N2O/c1-16-3-2-11(15-16)7-12(17)8-4-9(13)6-10(14)5-8/h2-6H,7H2,1H3. The van der Waals surface area contributed by atoms with E-state index in [4.69, 9.17) is 0 Å². The number of rotatable bonds is 3. The number of carbonyl (C=O) groups is 1. The molecule has 88 valence electrons. The van der Waals surface area contributed by atoms with Gasteiger partial charge in [-0.1, -0.05) is 31.9 Å². The molecular formula is C12H10Br2N2O. The van der Waals surface area contributed by atoms with Gasteiger partial charge in [0.1, 0.15) is 0 Å². The molecule has 0 aliphatic rings. The van der Waals surface area contributed by atoms with Crippen molar-refractivity contribution in [1.29, 1.82) is 0 Å². The Morgan fingerprint density at radius 1 is 1.29 bits per heavy atom. The maximum absolute atomic E-state index is 12.0. The van der Waals surface area contributed by atoms with Gasteiger partial charge in [-0.05, 0) is 24.3 Å². The molecule has 17 heavy (non-hydrogen) atoms. The van der Waals surface area contributed by atoms with Crippen molar-refractivity contribution in [3.63, 3.8) is 0 Å². The predicted octanol–water partition coefficient (Wildman–Crippen LogP) is 3.37. The Morgan fingerprint density at radius 3 is 2.47 bits per heavy atom. The first-order valence-electron chi connectivity index (χ1n) is 5.02. The van der Waals surface area contributed by atoms with Crippen molar-refractivity contribution in [3.8, 4) is 0 Å². The van der Waals surface area contributed by atoms with Crippen molar-refractivity contribution in [3.05, 3.63) is 50.7 Å². The Morgan fingerprint density at radius 2 is 1.94 bits per heavy atom. The molecule has 0 aliphatic heterocycles. The second-order valence-corrected chi connectivity index (χ2v) is 5.57. The van der Waals surface area contributed by atoms with Crippen molar-refractivity contribution < 1.29 is 4.79 Å². The largest absolute Gasteiger partial charge is 0.294 e. The number of hydrogen-bond donors (Lipinski definition) is 0. The van der Waals surface area contributed by atoms with Gasteiger partial charge in [0, 0.05) is 27.8 Å². The van der Waals surface area contributed by atoms with Crippen molar-refractivity contribution in [1.82, 2.24) is 9.78 Å². The molecule has 2 aromatic rings. The lowest BCUT2D eigenvalue weighted by Crippen LogP contribution is -2.04. The molecule has 2 rings (SSSR count). The zero-order chi connectivity index (χ0) is 12.4. The lowest BCUT2D eigenvalue weighted by Gasteiger charge is -2.01. The van der Waals surface area contributed by atoms with E-state index in [9.17, 15) is 4.79 Å². The van der Waals surface area contributed by atoms with Crippen LogP contribution in [0.5, 0.6) is 0 Å². The summed E-state index contributed by atoms with van der Waals surface area (Å²) < 4.78 is 3.46. The molecule has 1 aromatic carbocycles. The van der Waals surface area contributed by atoms with Crippen LogP contribution < -0.4 is 0 Å². The van der Waals surface area contributed by atoms with Crippen LogP contribution in [-0.2, 0) is 13.5 Å². The van der Waals surface area contributed by atoms with E-state index in [-0.39, 0.29) is 5.78 Å². The average Bonchev–Trinajstić information content (AvgIpc) is 2.62. The number of nitrogens with zero attached hydrogens (tertiary/aromatic N) is 2. The van der Waals surface area contributed by atoms with Gasteiger partial charge in [0.25, 0.3) is 0 Å². The van der Waals surface area contributed by atoms with E-state index < -0.39 is 0 Å². The van der Waals surface area contributed by atoms with Crippen LogP contribution in [0.25, 0.3) is 0 Å². The van der Waals surface area contributed by atoms with Crippen LogP contribution in [0.1, 0.15) is 16.1 Å². The number of halogens is 2. The number of carbonyl (C=O) groups excluding carboxylic acids is 1. The van der Waals surface area contributed by atoms with E-state index in [1.54, 1.807) is 4.68 Å². The van der Waals surface area contributed by atoms with E-state index in [0.717, 1.165) is 14.6 Å².